The number of nitrogens with one attached hydrogen (secondary N) is 1. The van der Waals surface area contributed by atoms with Crippen LogP contribution in [0.15, 0.2) is 24.5 Å². The number of carbonyl (C=O) groups excluding carboxylic acids is 2. The first-order valence-electron chi connectivity index (χ1n) is 9.09. The van der Waals surface area contributed by atoms with Gasteiger partial charge < -0.3 is 19.9 Å². The summed E-state index contributed by atoms with van der Waals surface area (Å²) in [6, 6.07) is 3.65. The zero-order chi connectivity index (χ0) is 17.5. The molecule has 7 heteroatoms. The van der Waals surface area contributed by atoms with Crippen molar-refractivity contribution in [2.75, 3.05) is 32.7 Å². The third-order valence-corrected chi connectivity index (χ3v) is 4.76. The van der Waals surface area contributed by atoms with Gasteiger partial charge in [0.2, 0.25) is 5.91 Å². The van der Waals surface area contributed by atoms with Crippen molar-refractivity contribution >= 4 is 11.9 Å². The van der Waals surface area contributed by atoms with E-state index in [2.05, 4.69) is 10.3 Å². The standard InChI is InChI=1S/C18H26N4O3/c23-17-3-1-2-11-21(17)14-10-20-18(24)22-12-6-16(7-13-22)25-15-4-8-19-9-5-15/h4-5,8-9,16H,1-3,6-7,10-14H2,(H,20,24). The summed E-state index contributed by atoms with van der Waals surface area (Å²) in [6.07, 6.45) is 7.89. The molecule has 2 saturated heterocycles. The summed E-state index contributed by atoms with van der Waals surface area (Å²) in [5.41, 5.74) is 0. The zero-order valence-electron chi connectivity index (χ0n) is 14.5. The molecule has 7 nitrogen and oxygen atoms in total. The van der Waals surface area contributed by atoms with Crippen molar-refractivity contribution in [1.29, 1.82) is 0 Å². The lowest BCUT2D eigenvalue weighted by atomic mass is 10.1. The fraction of sp³-hybridized carbons (Fsp3) is 0.611. The molecule has 136 valence electrons. The number of urea groups is 1. The lowest BCUT2D eigenvalue weighted by Gasteiger charge is -2.32. The van der Waals surface area contributed by atoms with Crippen LogP contribution < -0.4 is 10.1 Å². The molecule has 25 heavy (non-hydrogen) atoms. The van der Waals surface area contributed by atoms with Gasteiger partial charge in [-0.25, -0.2) is 4.79 Å². The molecule has 1 aromatic heterocycles. The van der Waals surface area contributed by atoms with Crippen molar-refractivity contribution in [2.45, 2.75) is 38.2 Å². The van der Waals surface area contributed by atoms with Gasteiger partial charge in [0.05, 0.1) is 0 Å². The second-order valence-corrected chi connectivity index (χ2v) is 6.56. The quantitative estimate of drug-likeness (QED) is 0.880. The fourth-order valence-corrected chi connectivity index (χ4v) is 3.29. The number of hydrogen-bond acceptors (Lipinski definition) is 4. The molecule has 2 fully saturated rings. The van der Waals surface area contributed by atoms with Gasteiger partial charge in [0, 0.05) is 64.4 Å². The zero-order valence-corrected chi connectivity index (χ0v) is 14.5. The highest BCUT2D eigenvalue weighted by Crippen LogP contribution is 2.18. The van der Waals surface area contributed by atoms with Crippen LogP contribution in [0.5, 0.6) is 5.75 Å². The molecule has 1 N–H and O–H groups in total. The molecular weight excluding hydrogens is 320 g/mol. The molecule has 0 saturated carbocycles. The Kier molecular flexibility index (Phi) is 6.09. The van der Waals surface area contributed by atoms with Gasteiger partial charge in [0.15, 0.2) is 0 Å². The molecule has 2 aliphatic rings. The normalized spacial score (nSPS) is 19.0. The number of rotatable bonds is 5. The van der Waals surface area contributed by atoms with Gasteiger partial charge >= 0.3 is 6.03 Å². The molecule has 3 amide bonds. The molecule has 0 aliphatic carbocycles. The highest BCUT2D eigenvalue weighted by Gasteiger charge is 2.24. The predicted molar refractivity (Wildman–Crippen MR) is 93.3 cm³/mol. The van der Waals surface area contributed by atoms with E-state index in [0.29, 0.717) is 32.6 Å². The minimum Gasteiger partial charge on any atom is -0.490 e. The van der Waals surface area contributed by atoms with E-state index in [4.69, 9.17) is 4.74 Å². The lowest BCUT2D eigenvalue weighted by Crippen LogP contribution is -2.48. The van der Waals surface area contributed by atoms with Crippen LogP contribution >= 0.6 is 0 Å². The molecule has 0 aromatic carbocycles. The van der Waals surface area contributed by atoms with Crippen LogP contribution in [0.2, 0.25) is 0 Å². The van der Waals surface area contributed by atoms with E-state index in [0.717, 1.165) is 38.0 Å². The Labute approximate surface area is 148 Å². The van der Waals surface area contributed by atoms with E-state index in [1.807, 2.05) is 21.9 Å². The first-order valence-corrected chi connectivity index (χ1v) is 9.09. The predicted octanol–water partition coefficient (Wildman–Crippen LogP) is 1.65. The third kappa shape index (κ3) is 5.08. The summed E-state index contributed by atoms with van der Waals surface area (Å²) >= 11 is 0. The molecule has 0 radical (unpaired) electrons. The number of hydrogen-bond donors (Lipinski definition) is 1. The van der Waals surface area contributed by atoms with Crippen LogP contribution in [0.1, 0.15) is 32.1 Å². The second-order valence-electron chi connectivity index (χ2n) is 6.56. The molecule has 0 atom stereocenters. The number of nitrogens with zero attached hydrogens (tertiary/aromatic N) is 3. The molecular formula is C18H26N4O3. The number of carbonyl (C=O) groups is 2. The number of aromatic nitrogens is 1. The van der Waals surface area contributed by atoms with E-state index in [9.17, 15) is 9.59 Å². The summed E-state index contributed by atoms with van der Waals surface area (Å²) in [5, 5.41) is 2.93. The number of pyridine rings is 1. The smallest absolute Gasteiger partial charge is 0.317 e. The summed E-state index contributed by atoms with van der Waals surface area (Å²) in [6.45, 7) is 3.30. The monoisotopic (exact) mass is 346 g/mol. The highest BCUT2D eigenvalue weighted by molar-refractivity contribution is 5.77. The van der Waals surface area contributed by atoms with Gasteiger partial charge in [0.1, 0.15) is 11.9 Å². The highest BCUT2D eigenvalue weighted by atomic mass is 16.5. The van der Waals surface area contributed by atoms with Crippen LogP contribution in [0.4, 0.5) is 4.79 Å². The average molecular weight is 346 g/mol. The van der Waals surface area contributed by atoms with Crippen molar-refractivity contribution < 1.29 is 14.3 Å². The van der Waals surface area contributed by atoms with Gasteiger partial charge in [-0.05, 0) is 25.0 Å². The summed E-state index contributed by atoms with van der Waals surface area (Å²) in [5.74, 6) is 1.03. The van der Waals surface area contributed by atoms with Crippen LogP contribution in [0.25, 0.3) is 0 Å². The fourth-order valence-electron chi connectivity index (χ4n) is 3.29. The van der Waals surface area contributed by atoms with Crippen molar-refractivity contribution in [3.8, 4) is 5.75 Å². The Morgan fingerprint density at radius 3 is 2.68 bits per heavy atom. The van der Waals surface area contributed by atoms with Crippen LogP contribution in [-0.4, -0.2) is 65.5 Å². The maximum Gasteiger partial charge on any atom is 0.317 e. The molecule has 0 bridgehead atoms. The van der Waals surface area contributed by atoms with Gasteiger partial charge in [-0.2, -0.15) is 0 Å². The first kappa shape index (κ1) is 17.5. The Balaban J connectivity index is 1.34. The molecule has 3 rings (SSSR count). The SMILES string of the molecule is O=C1CCCCN1CCNC(=O)N1CCC(Oc2ccncc2)CC1. The van der Waals surface area contributed by atoms with E-state index >= 15 is 0 Å². The lowest BCUT2D eigenvalue weighted by molar-refractivity contribution is -0.133. The van der Waals surface area contributed by atoms with Gasteiger partial charge in [-0.15, -0.1) is 0 Å². The molecule has 0 spiro atoms. The summed E-state index contributed by atoms with van der Waals surface area (Å²) in [7, 11) is 0. The number of amides is 3. The minimum atomic E-state index is -0.0492. The van der Waals surface area contributed by atoms with E-state index in [-0.39, 0.29) is 18.0 Å². The van der Waals surface area contributed by atoms with E-state index in [1.54, 1.807) is 12.4 Å². The molecule has 2 aliphatic heterocycles. The van der Waals surface area contributed by atoms with Gasteiger partial charge in [-0.1, -0.05) is 0 Å². The maximum absolute atomic E-state index is 12.2. The molecule has 3 heterocycles. The van der Waals surface area contributed by atoms with Crippen molar-refractivity contribution in [2.24, 2.45) is 0 Å². The average Bonchev–Trinajstić information content (AvgIpc) is 2.65. The van der Waals surface area contributed by atoms with Crippen LogP contribution in [0, 0.1) is 0 Å². The van der Waals surface area contributed by atoms with Crippen molar-refractivity contribution in [3.05, 3.63) is 24.5 Å². The van der Waals surface area contributed by atoms with E-state index in [1.165, 1.54) is 0 Å². The summed E-state index contributed by atoms with van der Waals surface area (Å²) < 4.78 is 5.91. The Morgan fingerprint density at radius 2 is 1.96 bits per heavy atom. The first-order chi connectivity index (χ1) is 12.2. The van der Waals surface area contributed by atoms with Crippen molar-refractivity contribution in [1.82, 2.24) is 20.1 Å². The summed E-state index contributed by atoms with van der Waals surface area (Å²) in [4.78, 5) is 31.6. The number of likely N-dealkylation sites (tertiary alicyclic amines) is 2. The Hall–Kier alpha value is -2.31. The van der Waals surface area contributed by atoms with E-state index < -0.39 is 0 Å². The third-order valence-electron chi connectivity index (χ3n) is 4.76. The second kappa shape index (κ2) is 8.69. The molecule has 1 aromatic rings. The Morgan fingerprint density at radius 1 is 1.20 bits per heavy atom. The topological polar surface area (TPSA) is 74.8 Å². The van der Waals surface area contributed by atoms with Gasteiger partial charge in [-0.3, -0.25) is 9.78 Å². The Bertz CT molecular complexity index is 573. The number of piperidine rings is 2. The minimum absolute atomic E-state index is 0.0492. The number of ether oxygens (including phenoxy) is 1. The van der Waals surface area contributed by atoms with Crippen molar-refractivity contribution in [3.63, 3.8) is 0 Å². The van der Waals surface area contributed by atoms with Crippen LogP contribution in [-0.2, 0) is 4.79 Å². The maximum atomic E-state index is 12.2. The van der Waals surface area contributed by atoms with Crippen LogP contribution in [0.3, 0.4) is 0 Å². The van der Waals surface area contributed by atoms with Gasteiger partial charge in [0.25, 0.3) is 0 Å². The largest absolute Gasteiger partial charge is 0.490 e. The molecule has 0 unspecified atom stereocenters.